The summed E-state index contributed by atoms with van der Waals surface area (Å²) in [7, 11) is 5.04. The lowest BCUT2D eigenvalue weighted by Gasteiger charge is -2.14. The van der Waals surface area contributed by atoms with Crippen molar-refractivity contribution in [3.8, 4) is 5.75 Å². The summed E-state index contributed by atoms with van der Waals surface area (Å²) in [6.07, 6.45) is 0. The Labute approximate surface area is 135 Å². The quantitative estimate of drug-likeness (QED) is 0.744. The van der Waals surface area contributed by atoms with E-state index in [1.165, 1.54) is 7.05 Å². The molecule has 23 heavy (non-hydrogen) atoms. The van der Waals surface area contributed by atoms with E-state index in [2.05, 4.69) is 16.7 Å². The number of amides is 3. The number of benzene rings is 2. The molecule has 3 N–H and O–H groups in total. The molecule has 3 amide bonds. The summed E-state index contributed by atoms with van der Waals surface area (Å²) in [5.41, 5.74) is 1.13. The smallest absolute Gasteiger partial charge is 0.321 e. The van der Waals surface area contributed by atoms with Crippen LogP contribution in [0.15, 0.2) is 36.4 Å². The fourth-order valence-electron chi connectivity index (χ4n) is 2.43. The first kappa shape index (κ1) is 16.8. The summed E-state index contributed by atoms with van der Waals surface area (Å²) >= 11 is 0. The van der Waals surface area contributed by atoms with Crippen LogP contribution in [-0.2, 0) is 11.3 Å². The topological polar surface area (TPSA) is 71.9 Å². The molecule has 1 unspecified atom stereocenters. The Kier molecular flexibility index (Phi) is 5.54. The largest absolute Gasteiger partial charge is 0.497 e. The molecule has 2 rings (SSSR count). The third-order valence-corrected chi connectivity index (χ3v) is 3.56. The lowest BCUT2D eigenvalue weighted by Crippen LogP contribution is -3.09. The number of fused-ring (bicyclic) bond motifs is 1. The first-order valence-corrected chi connectivity index (χ1v) is 7.41. The lowest BCUT2D eigenvalue weighted by molar-refractivity contribution is -0.885. The monoisotopic (exact) mass is 316 g/mol. The predicted molar refractivity (Wildman–Crippen MR) is 88.6 cm³/mol. The van der Waals surface area contributed by atoms with E-state index in [1.807, 2.05) is 37.4 Å². The second kappa shape index (κ2) is 7.60. The van der Waals surface area contributed by atoms with Crippen LogP contribution >= 0.6 is 0 Å². The first-order valence-electron chi connectivity index (χ1n) is 7.41. The molecule has 2 aromatic rings. The zero-order valence-corrected chi connectivity index (χ0v) is 13.6. The van der Waals surface area contributed by atoms with Crippen LogP contribution in [0.3, 0.4) is 0 Å². The molecule has 6 nitrogen and oxygen atoms in total. The fourth-order valence-corrected chi connectivity index (χ4v) is 2.43. The maximum Gasteiger partial charge on any atom is 0.321 e. The first-order chi connectivity index (χ1) is 11.0. The molecule has 6 heteroatoms. The van der Waals surface area contributed by atoms with Crippen LogP contribution in [-0.4, -0.2) is 39.7 Å². The van der Waals surface area contributed by atoms with Gasteiger partial charge in [0.25, 0.3) is 5.91 Å². The summed E-state index contributed by atoms with van der Waals surface area (Å²) < 4.78 is 5.22. The summed E-state index contributed by atoms with van der Waals surface area (Å²) in [5.74, 6) is 0.534. The van der Waals surface area contributed by atoms with E-state index in [0.29, 0.717) is 6.54 Å². The number of rotatable bonds is 5. The zero-order valence-electron chi connectivity index (χ0n) is 13.6. The van der Waals surface area contributed by atoms with Gasteiger partial charge in [0.1, 0.15) is 12.3 Å². The highest BCUT2D eigenvalue weighted by Crippen LogP contribution is 2.21. The number of likely N-dealkylation sites (N-methyl/N-ethyl adjacent to an activating group) is 1. The molecule has 1 atom stereocenters. The molecule has 0 heterocycles. The number of imide groups is 1. The van der Waals surface area contributed by atoms with Gasteiger partial charge >= 0.3 is 6.03 Å². The van der Waals surface area contributed by atoms with Gasteiger partial charge < -0.3 is 15.0 Å². The van der Waals surface area contributed by atoms with Crippen molar-refractivity contribution in [2.24, 2.45) is 0 Å². The molecule has 0 aliphatic rings. The van der Waals surface area contributed by atoms with Crippen molar-refractivity contribution in [3.05, 3.63) is 42.0 Å². The standard InChI is InChI=1S/C17H21N3O3/c1-18-17(22)19-16(21)11-20(2)10-12-4-5-14-9-15(23-3)7-6-13(14)8-12/h4-9H,10-11H2,1-3H3,(H2,18,19,21,22)/p+1. The second-order valence-electron chi connectivity index (χ2n) is 5.49. The molecule has 0 saturated carbocycles. The Morgan fingerprint density at radius 3 is 2.52 bits per heavy atom. The van der Waals surface area contributed by atoms with Crippen LogP contribution in [0, 0.1) is 0 Å². The molecular formula is C17H22N3O3+. The molecule has 0 aliphatic carbocycles. The van der Waals surface area contributed by atoms with Crippen LogP contribution in [0.5, 0.6) is 5.75 Å². The highest BCUT2D eigenvalue weighted by atomic mass is 16.5. The molecule has 0 aliphatic heterocycles. The van der Waals surface area contributed by atoms with E-state index in [0.717, 1.165) is 27.0 Å². The number of hydrogen-bond acceptors (Lipinski definition) is 3. The minimum absolute atomic E-state index is 0.230. The third kappa shape index (κ3) is 4.69. The van der Waals surface area contributed by atoms with Gasteiger partial charge in [-0.25, -0.2) is 4.79 Å². The molecule has 0 saturated heterocycles. The van der Waals surface area contributed by atoms with E-state index in [-0.39, 0.29) is 12.5 Å². The van der Waals surface area contributed by atoms with Gasteiger partial charge in [-0.1, -0.05) is 18.2 Å². The maximum atomic E-state index is 11.7. The molecular weight excluding hydrogens is 294 g/mol. The number of urea groups is 1. The van der Waals surface area contributed by atoms with Crippen molar-refractivity contribution in [1.29, 1.82) is 0 Å². The highest BCUT2D eigenvalue weighted by Gasteiger charge is 2.13. The number of nitrogens with one attached hydrogen (secondary N) is 3. The number of ether oxygens (including phenoxy) is 1. The van der Waals surface area contributed by atoms with Gasteiger partial charge in [0.15, 0.2) is 6.54 Å². The van der Waals surface area contributed by atoms with Gasteiger partial charge in [-0.15, -0.1) is 0 Å². The van der Waals surface area contributed by atoms with Gasteiger partial charge in [0, 0.05) is 12.6 Å². The molecule has 0 aromatic heterocycles. The molecule has 2 aromatic carbocycles. The molecule has 0 bridgehead atoms. The summed E-state index contributed by atoms with van der Waals surface area (Å²) in [6, 6.07) is 11.7. The highest BCUT2D eigenvalue weighted by molar-refractivity contribution is 5.94. The van der Waals surface area contributed by atoms with Crippen LogP contribution in [0.1, 0.15) is 5.56 Å². The van der Waals surface area contributed by atoms with Crippen LogP contribution < -0.4 is 20.3 Å². The van der Waals surface area contributed by atoms with Gasteiger partial charge in [0.2, 0.25) is 0 Å². The van der Waals surface area contributed by atoms with Gasteiger partial charge in [-0.3, -0.25) is 10.1 Å². The SMILES string of the molecule is CNC(=O)NC(=O)C[NH+](C)Cc1ccc2cc(OC)ccc2c1. The van der Waals surface area contributed by atoms with Gasteiger partial charge in [-0.05, 0) is 29.0 Å². The Morgan fingerprint density at radius 1 is 1.13 bits per heavy atom. The predicted octanol–water partition coefficient (Wildman–Crippen LogP) is 0.319. The summed E-state index contributed by atoms with van der Waals surface area (Å²) in [6.45, 7) is 0.928. The molecule has 122 valence electrons. The number of hydrogen-bond donors (Lipinski definition) is 3. The van der Waals surface area contributed by atoms with Crippen molar-refractivity contribution in [1.82, 2.24) is 10.6 Å². The Balaban J connectivity index is 2.00. The lowest BCUT2D eigenvalue weighted by atomic mass is 10.1. The van der Waals surface area contributed by atoms with Gasteiger partial charge in [-0.2, -0.15) is 0 Å². The molecule has 0 fully saturated rings. The third-order valence-electron chi connectivity index (χ3n) is 3.56. The van der Waals surface area contributed by atoms with Crippen LogP contribution in [0.4, 0.5) is 4.79 Å². The summed E-state index contributed by atoms with van der Waals surface area (Å²) in [5, 5.41) is 6.87. The van der Waals surface area contributed by atoms with E-state index in [9.17, 15) is 9.59 Å². The minimum Gasteiger partial charge on any atom is -0.497 e. The molecule has 0 radical (unpaired) electrons. The summed E-state index contributed by atoms with van der Waals surface area (Å²) in [4.78, 5) is 23.8. The zero-order chi connectivity index (χ0) is 16.8. The van der Waals surface area contributed by atoms with E-state index in [4.69, 9.17) is 4.74 Å². The number of carbonyl (C=O) groups is 2. The average molecular weight is 316 g/mol. The van der Waals surface area contributed by atoms with Crippen LogP contribution in [0.2, 0.25) is 0 Å². The minimum atomic E-state index is -0.484. The van der Waals surface area contributed by atoms with Crippen LogP contribution in [0.25, 0.3) is 10.8 Å². The second-order valence-corrected chi connectivity index (χ2v) is 5.49. The van der Waals surface area contributed by atoms with Gasteiger partial charge in [0.05, 0.1) is 14.2 Å². The number of methoxy groups -OCH3 is 1. The Bertz CT molecular complexity index is 715. The Hall–Kier alpha value is -2.60. The van der Waals surface area contributed by atoms with Crippen molar-refractivity contribution >= 4 is 22.7 Å². The normalized spacial score (nSPS) is 11.8. The average Bonchev–Trinajstić information content (AvgIpc) is 2.53. The maximum absolute atomic E-state index is 11.7. The molecule has 0 spiro atoms. The fraction of sp³-hybridized carbons (Fsp3) is 0.294. The number of carbonyl (C=O) groups excluding carboxylic acids is 2. The van der Waals surface area contributed by atoms with E-state index >= 15 is 0 Å². The van der Waals surface area contributed by atoms with Crippen molar-refractivity contribution in [2.45, 2.75) is 6.54 Å². The van der Waals surface area contributed by atoms with Crippen molar-refractivity contribution < 1.29 is 19.2 Å². The Morgan fingerprint density at radius 2 is 1.83 bits per heavy atom. The van der Waals surface area contributed by atoms with E-state index in [1.54, 1.807) is 7.11 Å². The number of quaternary nitrogens is 1. The van der Waals surface area contributed by atoms with Crippen molar-refractivity contribution in [3.63, 3.8) is 0 Å². The van der Waals surface area contributed by atoms with E-state index < -0.39 is 6.03 Å². The van der Waals surface area contributed by atoms with Crippen molar-refractivity contribution in [2.75, 3.05) is 27.7 Å².